The first kappa shape index (κ1) is 10.2. The Hall–Kier alpha value is -0.790. The summed E-state index contributed by atoms with van der Waals surface area (Å²) < 4.78 is 29.5. The first-order chi connectivity index (χ1) is 4.72. The Kier molecular flexibility index (Phi) is 2.49. The number of hydrogen-bond acceptors (Lipinski definition) is 2. The Labute approximate surface area is 66.9 Å². The molecule has 0 saturated heterocycles. The van der Waals surface area contributed by atoms with Gasteiger partial charge in [0.1, 0.15) is 0 Å². The van der Waals surface area contributed by atoms with Gasteiger partial charge in [-0.3, -0.25) is 4.55 Å². The lowest BCUT2D eigenvalue weighted by Crippen LogP contribution is -2.18. The van der Waals surface area contributed by atoms with E-state index in [0.29, 0.717) is 0 Å². The Morgan fingerprint density at radius 3 is 2.09 bits per heavy atom. The van der Waals surface area contributed by atoms with E-state index in [1.165, 1.54) is 13.8 Å². The molecule has 0 aromatic rings. The van der Waals surface area contributed by atoms with Crippen LogP contribution in [0.3, 0.4) is 0 Å². The van der Waals surface area contributed by atoms with Crippen LogP contribution in [0, 0.1) is 17.8 Å². The second-order valence-corrected chi connectivity index (χ2v) is 4.11. The molecule has 0 saturated carbocycles. The maximum absolute atomic E-state index is 10.5. The van der Waals surface area contributed by atoms with E-state index in [2.05, 4.69) is 12.5 Å². The molecule has 0 unspecified atom stereocenters. The maximum atomic E-state index is 10.5. The highest BCUT2D eigenvalue weighted by atomic mass is 32.2. The van der Waals surface area contributed by atoms with Gasteiger partial charge in [0.05, 0.1) is 10.3 Å². The molecule has 0 bridgehead atoms. The summed E-state index contributed by atoms with van der Waals surface area (Å²) in [5.41, 5.74) is -1.02. The Bertz CT molecular complexity index is 303. The molecule has 0 radical (unpaired) electrons. The summed E-state index contributed by atoms with van der Waals surface area (Å²) in [5.74, 6) is 2.21. The fraction of sp³-hybridized carbons (Fsp3) is 0.429. The minimum Gasteiger partial charge on any atom is -0.282 e. The molecule has 0 spiro atoms. The van der Waals surface area contributed by atoms with Gasteiger partial charge in [0, 0.05) is 0 Å². The molecule has 0 amide bonds. The van der Waals surface area contributed by atoms with Gasteiger partial charge in [-0.05, 0) is 13.8 Å². The lowest BCUT2D eigenvalue weighted by atomic mass is 9.95. The van der Waals surface area contributed by atoms with E-state index in [1.807, 2.05) is 0 Å². The van der Waals surface area contributed by atoms with E-state index in [1.54, 1.807) is 0 Å². The number of rotatable bonds is 2. The van der Waals surface area contributed by atoms with Crippen molar-refractivity contribution in [3.8, 4) is 12.3 Å². The second-order valence-electron chi connectivity index (χ2n) is 2.67. The van der Waals surface area contributed by atoms with Crippen LogP contribution in [0.2, 0.25) is 0 Å². The number of allylic oxidation sites excluding steroid dienone is 1. The highest BCUT2D eigenvalue weighted by molar-refractivity contribution is 7.89. The van der Waals surface area contributed by atoms with E-state index in [0.717, 1.165) is 0 Å². The second kappa shape index (κ2) is 2.68. The lowest BCUT2D eigenvalue weighted by molar-refractivity contribution is 0.477. The maximum Gasteiger partial charge on any atom is 0.291 e. The average Bonchev–Trinajstić information content (AvgIpc) is 1.84. The highest BCUT2D eigenvalue weighted by Crippen LogP contribution is 2.26. The largest absolute Gasteiger partial charge is 0.291 e. The van der Waals surface area contributed by atoms with Crippen molar-refractivity contribution in [2.75, 3.05) is 0 Å². The van der Waals surface area contributed by atoms with Crippen molar-refractivity contribution in [1.82, 2.24) is 0 Å². The zero-order valence-electron chi connectivity index (χ0n) is 6.46. The van der Waals surface area contributed by atoms with Crippen LogP contribution in [0.4, 0.5) is 0 Å². The first-order valence-corrected chi connectivity index (χ1v) is 4.30. The van der Waals surface area contributed by atoms with Gasteiger partial charge in [-0.2, -0.15) is 8.42 Å². The molecule has 11 heavy (non-hydrogen) atoms. The van der Waals surface area contributed by atoms with Crippen LogP contribution in [-0.2, 0) is 10.1 Å². The minimum absolute atomic E-state index is 0.354. The van der Waals surface area contributed by atoms with Crippen molar-refractivity contribution in [2.45, 2.75) is 13.8 Å². The van der Waals surface area contributed by atoms with Crippen LogP contribution in [-0.4, -0.2) is 13.0 Å². The third kappa shape index (κ3) is 2.37. The van der Waals surface area contributed by atoms with Gasteiger partial charge in [0.15, 0.2) is 0 Å². The summed E-state index contributed by atoms with van der Waals surface area (Å²) in [6, 6.07) is 0. The van der Waals surface area contributed by atoms with E-state index in [9.17, 15) is 8.42 Å². The molecule has 4 heteroatoms. The van der Waals surface area contributed by atoms with Gasteiger partial charge < -0.3 is 0 Å². The van der Waals surface area contributed by atoms with Gasteiger partial charge in [-0.1, -0.05) is 12.5 Å². The van der Waals surface area contributed by atoms with E-state index in [4.69, 9.17) is 11.0 Å². The van der Waals surface area contributed by atoms with Crippen molar-refractivity contribution in [3.05, 3.63) is 11.5 Å². The predicted molar refractivity (Wildman–Crippen MR) is 43.3 cm³/mol. The smallest absolute Gasteiger partial charge is 0.282 e. The standard InChI is InChI=1S/C7H10O3S/c1-5-7(3,4)6(2)11(8,9)10/h1H,2H2,3-4H3,(H,8,9,10). The summed E-state index contributed by atoms with van der Waals surface area (Å²) in [6.45, 7) is 6.17. The fourth-order valence-corrected chi connectivity index (χ4v) is 1.11. The molecule has 0 heterocycles. The fourth-order valence-electron chi connectivity index (χ4n) is 0.403. The molecule has 3 nitrogen and oxygen atoms in total. The van der Waals surface area contributed by atoms with E-state index >= 15 is 0 Å². The monoisotopic (exact) mass is 174 g/mol. The van der Waals surface area contributed by atoms with Gasteiger partial charge in [-0.25, -0.2) is 0 Å². The molecule has 0 fully saturated rings. The first-order valence-electron chi connectivity index (χ1n) is 2.86. The zero-order valence-corrected chi connectivity index (χ0v) is 7.27. The van der Waals surface area contributed by atoms with Crippen molar-refractivity contribution in [1.29, 1.82) is 0 Å². The molecule has 0 aliphatic heterocycles. The molecule has 0 aromatic carbocycles. The van der Waals surface area contributed by atoms with Crippen LogP contribution < -0.4 is 0 Å². The quantitative estimate of drug-likeness (QED) is 0.503. The summed E-state index contributed by atoms with van der Waals surface area (Å²) in [4.78, 5) is -0.354. The molecular weight excluding hydrogens is 164 g/mol. The van der Waals surface area contributed by atoms with Crippen LogP contribution in [0.25, 0.3) is 0 Å². The molecule has 1 N–H and O–H groups in total. The number of hydrogen-bond donors (Lipinski definition) is 1. The van der Waals surface area contributed by atoms with Gasteiger partial charge >= 0.3 is 0 Å². The average molecular weight is 174 g/mol. The predicted octanol–water partition coefficient (Wildman–Crippen LogP) is 1.05. The highest BCUT2D eigenvalue weighted by Gasteiger charge is 2.27. The topological polar surface area (TPSA) is 54.4 Å². The SMILES string of the molecule is C#CC(C)(C)C(=C)S(=O)(=O)O. The zero-order chi connectivity index (χ0) is 9.28. The Balaban J connectivity index is 4.99. The van der Waals surface area contributed by atoms with Crippen molar-refractivity contribution < 1.29 is 13.0 Å². The Morgan fingerprint density at radius 1 is 1.64 bits per heavy atom. The van der Waals surface area contributed by atoms with Crippen LogP contribution in [0.1, 0.15) is 13.8 Å². The van der Waals surface area contributed by atoms with Crippen LogP contribution in [0.15, 0.2) is 11.5 Å². The van der Waals surface area contributed by atoms with Gasteiger partial charge in [-0.15, -0.1) is 6.42 Å². The summed E-state index contributed by atoms with van der Waals surface area (Å²) in [7, 11) is -4.21. The summed E-state index contributed by atoms with van der Waals surface area (Å²) in [6.07, 6.45) is 5.02. The molecule has 0 aliphatic carbocycles. The van der Waals surface area contributed by atoms with Gasteiger partial charge in [0.25, 0.3) is 10.1 Å². The third-order valence-electron chi connectivity index (χ3n) is 1.37. The normalized spacial score (nSPS) is 12.2. The molecule has 0 atom stereocenters. The Morgan fingerprint density at radius 2 is 2.00 bits per heavy atom. The molecule has 0 aromatic heterocycles. The molecule has 0 rings (SSSR count). The van der Waals surface area contributed by atoms with E-state index < -0.39 is 15.5 Å². The van der Waals surface area contributed by atoms with Crippen LogP contribution >= 0.6 is 0 Å². The lowest BCUT2D eigenvalue weighted by Gasteiger charge is -2.17. The minimum atomic E-state index is -4.21. The van der Waals surface area contributed by atoms with Crippen molar-refractivity contribution in [3.63, 3.8) is 0 Å². The van der Waals surface area contributed by atoms with E-state index in [-0.39, 0.29) is 4.91 Å². The third-order valence-corrected chi connectivity index (χ3v) is 2.50. The van der Waals surface area contributed by atoms with Crippen molar-refractivity contribution in [2.24, 2.45) is 5.41 Å². The summed E-state index contributed by atoms with van der Waals surface area (Å²) >= 11 is 0. The number of terminal acetylenes is 1. The van der Waals surface area contributed by atoms with Gasteiger partial charge in [0.2, 0.25) is 0 Å². The van der Waals surface area contributed by atoms with Crippen LogP contribution in [0.5, 0.6) is 0 Å². The molecule has 62 valence electrons. The summed E-state index contributed by atoms with van der Waals surface area (Å²) in [5, 5.41) is 0. The molecular formula is C7H10O3S. The molecule has 0 aliphatic rings. The van der Waals surface area contributed by atoms with Crippen molar-refractivity contribution >= 4 is 10.1 Å².